The van der Waals surface area contributed by atoms with Gasteiger partial charge in [-0.2, -0.15) is 13.2 Å². The number of alkyl halides is 3. The van der Waals surface area contributed by atoms with Gasteiger partial charge in [0.05, 0.1) is 11.3 Å². The van der Waals surface area contributed by atoms with E-state index >= 15 is 0 Å². The van der Waals surface area contributed by atoms with Crippen LogP contribution in [-0.4, -0.2) is 18.5 Å². The van der Waals surface area contributed by atoms with Crippen LogP contribution in [0.5, 0.6) is 5.75 Å². The second-order valence-corrected chi connectivity index (χ2v) is 6.18. The molecule has 0 aliphatic carbocycles. The predicted molar refractivity (Wildman–Crippen MR) is 99.8 cm³/mol. The third-order valence-corrected chi connectivity index (χ3v) is 3.90. The summed E-state index contributed by atoms with van der Waals surface area (Å²) in [6.45, 7) is -0.860. The minimum absolute atomic E-state index is 0.0480. The Morgan fingerprint density at radius 3 is 2.39 bits per heavy atom. The van der Waals surface area contributed by atoms with E-state index in [0.29, 0.717) is 5.75 Å². The summed E-state index contributed by atoms with van der Waals surface area (Å²) in [5, 5.41) is 2.06. The summed E-state index contributed by atoms with van der Waals surface area (Å²) in [6.07, 6.45) is -4.65. The van der Waals surface area contributed by atoms with Crippen LogP contribution in [0.2, 0.25) is 0 Å². The van der Waals surface area contributed by atoms with Crippen molar-refractivity contribution < 1.29 is 41.0 Å². The monoisotopic (exact) mass is 437 g/mol. The van der Waals surface area contributed by atoms with Crippen LogP contribution in [0.25, 0.3) is 0 Å². The Bertz CT molecular complexity index is 1060. The maximum atomic E-state index is 12.9. The minimum Gasteiger partial charge on any atom is -0.486 e. The number of carbonyl (C=O) groups is 2. The Kier molecular flexibility index (Phi) is 6.58. The van der Waals surface area contributed by atoms with Crippen LogP contribution in [0.4, 0.5) is 23.2 Å². The van der Waals surface area contributed by atoms with Crippen molar-refractivity contribution >= 4 is 17.6 Å². The Balaban J connectivity index is 1.51. The molecule has 1 N–H and O–H groups in total. The molecule has 3 rings (SSSR count). The van der Waals surface area contributed by atoms with E-state index in [1.807, 2.05) is 0 Å². The van der Waals surface area contributed by atoms with Crippen LogP contribution in [0.15, 0.2) is 65.1 Å². The number of carbonyl (C=O) groups excluding carboxylic acids is 2. The zero-order chi connectivity index (χ0) is 22.4. The fourth-order valence-electron chi connectivity index (χ4n) is 2.48. The van der Waals surface area contributed by atoms with E-state index in [0.717, 1.165) is 12.1 Å². The predicted octanol–water partition coefficient (Wildman–Crippen LogP) is 4.81. The van der Waals surface area contributed by atoms with Crippen LogP contribution in [0.1, 0.15) is 21.9 Å². The fourth-order valence-corrected chi connectivity index (χ4v) is 2.48. The lowest BCUT2D eigenvalue weighted by Gasteiger charge is -2.13. The van der Waals surface area contributed by atoms with Crippen LogP contribution in [0.3, 0.4) is 0 Å². The van der Waals surface area contributed by atoms with Crippen molar-refractivity contribution in [1.82, 2.24) is 0 Å². The summed E-state index contributed by atoms with van der Waals surface area (Å²) in [7, 11) is 0. The highest BCUT2D eigenvalue weighted by Gasteiger charge is 2.33. The molecule has 0 bridgehead atoms. The first kappa shape index (κ1) is 21.9. The standard InChI is InChI=1S/C21H15F4NO5/c22-13-5-7-14(8-6-13)29-11-15-9-10-18(31-15)20(28)30-12-19(27)26-17-4-2-1-3-16(17)21(23,24)25/h1-10H,11-12H2,(H,26,27). The fraction of sp³-hybridized carbons (Fsp3) is 0.143. The number of anilines is 1. The summed E-state index contributed by atoms with van der Waals surface area (Å²) >= 11 is 0. The number of benzene rings is 2. The Morgan fingerprint density at radius 2 is 1.68 bits per heavy atom. The van der Waals surface area contributed by atoms with Crippen molar-refractivity contribution in [3.8, 4) is 5.75 Å². The second kappa shape index (κ2) is 9.33. The number of para-hydroxylation sites is 1. The summed E-state index contributed by atoms with van der Waals surface area (Å²) in [6, 6.07) is 12.4. The van der Waals surface area contributed by atoms with Gasteiger partial charge >= 0.3 is 12.1 Å². The first-order valence-corrected chi connectivity index (χ1v) is 8.82. The van der Waals surface area contributed by atoms with Crippen LogP contribution < -0.4 is 10.1 Å². The topological polar surface area (TPSA) is 77.8 Å². The van der Waals surface area contributed by atoms with Gasteiger partial charge in [0, 0.05) is 0 Å². The van der Waals surface area contributed by atoms with E-state index in [9.17, 15) is 27.2 Å². The average Bonchev–Trinajstić information content (AvgIpc) is 3.20. The number of amides is 1. The molecule has 31 heavy (non-hydrogen) atoms. The molecule has 0 aliphatic rings. The maximum absolute atomic E-state index is 12.9. The van der Waals surface area contributed by atoms with Gasteiger partial charge in [0.25, 0.3) is 5.91 Å². The van der Waals surface area contributed by atoms with Gasteiger partial charge in [-0.3, -0.25) is 4.79 Å². The van der Waals surface area contributed by atoms with Crippen LogP contribution in [0, 0.1) is 5.82 Å². The molecule has 0 aliphatic heterocycles. The van der Waals surface area contributed by atoms with E-state index < -0.39 is 41.7 Å². The molecule has 0 spiro atoms. The van der Waals surface area contributed by atoms with Gasteiger partial charge in [-0.05, 0) is 48.5 Å². The van der Waals surface area contributed by atoms with E-state index in [1.54, 1.807) is 0 Å². The number of halogens is 4. The number of furan rings is 1. The number of esters is 1. The lowest BCUT2D eigenvalue weighted by Crippen LogP contribution is -2.22. The quantitative estimate of drug-likeness (QED) is 0.424. The first-order valence-electron chi connectivity index (χ1n) is 8.82. The van der Waals surface area contributed by atoms with Crippen LogP contribution >= 0.6 is 0 Å². The van der Waals surface area contributed by atoms with E-state index in [4.69, 9.17) is 13.9 Å². The van der Waals surface area contributed by atoms with Gasteiger partial charge in [0.15, 0.2) is 6.61 Å². The van der Waals surface area contributed by atoms with Gasteiger partial charge in [0.1, 0.15) is 23.9 Å². The smallest absolute Gasteiger partial charge is 0.418 e. The summed E-state index contributed by atoms with van der Waals surface area (Å²) < 4.78 is 67.1. The van der Waals surface area contributed by atoms with Gasteiger partial charge in [0.2, 0.25) is 5.76 Å². The molecule has 2 aromatic carbocycles. The lowest BCUT2D eigenvalue weighted by molar-refractivity contribution is -0.137. The molecule has 6 nitrogen and oxygen atoms in total. The minimum atomic E-state index is -4.65. The molecule has 162 valence electrons. The zero-order valence-corrected chi connectivity index (χ0v) is 15.7. The number of ether oxygens (including phenoxy) is 2. The van der Waals surface area contributed by atoms with Gasteiger partial charge < -0.3 is 19.2 Å². The number of hydrogen-bond donors (Lipinski definition) is 1. The molecule has 10 heteroatoms. The molecule has 1 amide bonds. The number of rotatable bonds is 7. The SMILES string of the molecule is O=C(COC(=O)c1ccc(COc2ccc(F)cc2)o1)Nc1ccccc1C(F)(F)F. The highest BCUT2D eigenvalue weighted by Crippen LogP contribution is 2.34. The molecule has 0 unspecified atom stereocenters. The average molecular weight is 437 g/mol. The largest absolute Gasteiger partial charge is 0.486 e. The Labute approximate surface area is 173 Å². The van der Waals surface area contributed by atoms with Crippen molar-refractivity contribution in [3.05, 3.63) is 83.6 Å². The molecular weight excluding hydrogens is 422 g/mol. The summed E-state index contributed by atoms with van der Waals surface area (Å²) in [4.78, 5) is 23.9. The highest BCUT2D eigenvalue weighted by atomic mass is 19.4. The number of hydrogen-bond acceptors (Lipinski definition) is 5. The normalized spacial score (nSPS) is 11.1. The molecule has 1 heterocycles. The molecule has 3 aromatic rings. The van der Waals surface area contributed by atoms with E-state index in [2.05, 4.69) is 5.32 Å². The van der Waals surface area contributed by atoms with Crippen LogP contribution in [-0.2, 0) is 22.3 Å². The van der Waals surface area contributed by atoms with Crippen molar-refractivity contribution in [2.75, 3.05) is 11.9 Å². The summed E-state index contributed by atoms with van der Waals surface area (Å²) in [5.74, 6) is -1.91. The van der Waals surface area contributed by atoms with Gasteiger partial charge in [-0.25, -0.2) is 9.18 Å². The van der Waals surface area contributed by atoms with Crippen molar-refractivity contribution in [2.24, 2.45) is 0 Å². The third-order valence-electron chi connectivity index (χ3n) is 3.90. The van der Waals surface area contributed by atoms with Gasteiger partial charge in [-0.15, -0.1) is 0 Å². The summed E-state index contributed by atoms with van der Waals surface area (Å²) in [5.41, 5.74) is -1.47. The van der Waals surface area contributed by atoms with Crippen molar-refractivity contribution in [3.63, 3.8) is 0 Å². The number of nitrogens with one attached hydrogen (secondary N) is 1. The van der Waals surface area contributed by atoms with Crippen molar-refractivity contribution in [2.45, 2.75) is 12.8 Å². The zero-order valence-electron chi connectivity index (χ0n) is 15.7. The molecule has 0 saturated heterocycles. The molecule has 1 aromatic heterocycles. The van der Waals surface area contributed by atoms with E-state index in [-0.39, 0.29) is 18.1 Å². The third kappa shape index (κ3) is 6.08. The molecular formula is C21H15F4NO5. The molecule has 0 atom stereocenters. The first-order chi connectivity index (χ1) is 14.7. The highest BCUT2D eigenvalue weighted by molar-refractivity contribution is 5.95. The maximum Gasteiger partial charge on any atom is 0.418 e. The van der Waals surface area contributed by atoms with Crippen molar-refractivity contribution in [1.29, 1.82) is 0 Å². The lowest BCUT2D eigenvalue weighted by atomic mass is 10.1. The van der Waals surface area contributed by atoms with E-state index in [1.165, 1.54) is 48.5 Å². The molecule has 0 radical (unpaired) electrons. The molecule has 0 fully saturated rings. The Hall–Kier alpha value is -3.82. The van der Waals surface area contributed by atoms with Gasteiger partial charge in [-0.1, -0.05) is 12.1 Å². The Morgan fingerprint density at radius 1 is 0.968 bits per heavy atom. The second-order valence-electron chi connectivity index (χ2n) is 6.18. The molecule has 0 saturated carbocycles.